The zero-order chi connectivity index (χ0) is 21.4. The summed E-state index contributed by atoms with van der Waals surface area (Å²) in [6.45, 7) is 11.0. The molecule has 0 radical (unpaired) electrons. The average Bonchev–Trinajstić information content (AvgIpc) is 2.65. The molecule has 0 unspecified atom stereocenters. The number of carbonyl (C=O) groups is 2. The van der Waals surface area contributed by atoms with E-state index in [1.165, 1.54) is 23.3 Å². The Balaban J connectivity index is 1.89. The third kappa shape index (κ3) is 4.26. The number of fused-ring (bicyclic) bond motifs is 1. The SMILES string of the molecule is C/C(=C\C(=O)Nc1ccccc1C(=O)O)c1ccc2c(c1)C(C)(C)CCC2(C)C. The number of carboxylic acids is 1. The van der Waals surface area contributed by atoms with E-state index in [1.54, 1.807) is 18.2 Å². The third-order valence-corrected chi connectivity index (χ3v) is 6.07. The predicted molar refractivity (Wildman–Crippen MR) is 117 cm³/mol. The molecule has 1 aliphatic carbocycles. The summed E-state index contributed by atoms with van der Waals surface area (Å²) in [5, 5.41) is 12.0. The fourth-order valence-corrected chi connectivity index (χ4v) is 4.06. The van der Waals surface area contributed by atoms with E-state index in [0.29, 0.717) is 5.69 Å². The fraction of sp³-hybridized carbons (Fsp3) is 0.360. The number of carboxylic acid groups (broad SMARTS) is 1. The molecule has 0 aliphatic heterocycles. The number of aromatic carboxylic acids is 1. The number of amides is 1. The van der Waals surface area contributed by atoms with Crippen molar-refractivity contribution in [2.45, 2.75) is 58.3 Å². The average molecular weight is 392 g/mol. The lowest BCUT2D eigenvalue weighted by Crippen LogP contribution is -2.33. The van der Waals surface area contributed by atoms with E-state index in [-0.39, 0.29) is 22.3 Å². The Bertz CT molecular complexity index is 999. The van der Waals surface area contributed by atoms with E-state index in [2.05, 4.69) is 51.2 Å². The minimum absolute atomic E-state index is 0.0738. The van der Waals surface area contributed by atoms with Crippen molar-refractivity contribution in [3.63, 3.8) is 0 Å². The number of allylic oxidation sites excluding steroid dienone is 1. The maximum atomic E-state index is 12.5. The largest absolute Gasteiger partial charge is 0.478 e. The maximum absolute atomic E-state index is 12.5. The lowest BCUT2D eigenvalue weighted by Gasteiger charge is -2.42. The highest BCUT2D eigenvalue weighted by Crippen LogP contribution is 2.46. The van der Waals surface area contributed by atoms with Crippen LogP contribution in [0.3, 0.4) is 0 Å². The van der Waals surface area contributed by atoms with Gasteiger partial charge in [0.2, 0.25) is 5.91 Å². The second-order valence-electron chi connectivity index (χ2n) is 9.20. The first-order chi connectivity index (χ1) is 13.5. The molecule has 4 heteroatoms. The smallest absolute Gasteiger partial charge is 0.337 e. The van der Waals surface area contributed by atoms with Gasteiger partial charge >= 0.3 is 5.97 Å². The normalized spacial score (nSPS) is 17.3. The zero-order valence-electron chi connectivity index (χ0n) is 17.8. The summed E-state index contributed by atoms with van der Waals surface area (Å²) in [5.74, 6) is -1.41. The second-order valence-corrected chi connectivity index (χ2v) is 9.20. The summed E-state index contributed by atoms with van der Waals surface area (Å²) in [6.07, 6.45) is 3.82. The zero-order valence-corrected chi connectivity index (χ0v) is 17.8. The number of hydrogen-bond donors (Lipinski definition) is 2. The molecule has 152 valence electrons. The van der Waals surface area contributed by atoms with Gasteiger partial charge in [-0.15, -0.1) is 0 Å². The van der Waals surface area contributed by atoms with Gasteiger partial charge in [-0.3, -0.25) is 4.79 Å². The van der Waals surface area contributed by atoms with Gasteiger partial charge in [-0.1, -0.05) is 58.0 Å². The van der Waals surface area contributed by atoms with Crippen molar-refractivity contribution in [3.05, 3.63) is 70.8 Å². The molecule has 0 spiro atoms. The Labute approximate surface area is 172 Å². The molecule has 3 rings (SSSR count). The molecule has 0 atom stereocenters. The van der Waals surface area contributed by atoms with Gasteiger partial charge in [0.05, 0.1) is 11.3 Å². The quantitative estimate of drug-likeness (QED) is 0.650. The molecule has 2 N–H and O–H groups in total. The van der Waals surface area contributed by atoms with Gasteiger partial charge in [0.25, 0.3) is 0 Å². The van der Waals surface area contributed by atoms with Gasteiger partial charge in [-0.2, -0.15) is 0 Å². The Morgan fingerprint density at radius 2 is 1.59 bits per heavy atom. The molecule has 0 saturated carbocycles. The van der Waals surface area contributed by atoms with Crippen LogP contribution in [0.5, 0.6) is 0 Å². The first-order valence-electron chi connectivity index (χ1n) is 9.98. The Hall–Kier alpha value is -2.88. The molecule has 0 saturated heterocycles. The standard InChI is InChI=1S/C25H29NO3/c1-16(14-22(27)26-21-9-7-6-8-18(21)23(28)29)17-10-11-19-20(15-17)25(4,5)13-12-24(19,2)3/h6-11,14-15H,12-13H2,1-5H3,(H,26,27)(H,28,29)/b16-14+. The van der Waals surface area contributed by atoms with Gasteiger partial charge < -0.3 is 10.4 Å². The highest BCUT2D eigenvalue weighted by atomic mass is 16.4. The highest BCUT2D eigenvalue weighted by molar-refractivity contribution is 6.07. The summed E-state index contributed by atoms with van der Waals surface area (Å²) in [4.78, 5) is 23.8. The summed E-state index contributed by atoms with van der Waals surface area (Å²) in [5.41, 5.74) is 5.20. The molecule has 1 aliphatic rings. The van der Waals surface area contributed by atoms with Gasteiger partial charge in [0, 0.05) is 6.08 Å². The molecule has 0 fully saturated rings. The van der Waals surface area contributed by atoms with E-state index < -0.39 is 5.97 Å². The maximum Gasteiger partial charge on any atom is 0.337 e. The number of nitrogens with one attached hydrogen (secondary N) is 1. The molecule has 4 nitrogen and oxygen atoms in total. The van der Waals surface area contributed by atoms with Crippen LogP contribution in [0.4, 0.5) is 5.69 Å². The Kier molecular flexibility index (Phi) is 5.40. The van der Waals surface area contributed by atoms with Crippen LogP contribution in [0.25, 0.3) is 5.57 Å². The number of rotatable bonds is 4. The van der Waals surface area contributed by atoms with E-state index in [4.69, 9.17) is 0 Å². The number of benzene rings is 2. The van der Waals surface area contributed by atoms with E-state index in [0.717, 1.165) is 24.0 Å². The Morgan fingerprint density at radius 3 is 2.24 bits per heavy atom. The van der Waals surface area contributed by atoms with Crippen LogP contribution in [0, 0.1) is 0 Å². The highest BCUT2D eigenvalue weighted by Gasteiger charge is 2.36. The van der Waals surface area contributed by atoms with E-state index in [9.17, 15) is 14.7 Å². The van der Waals surface area contributed by atoms with Gasteiger partial charge in [-0.25, -0.2) is 4.79 Å². The first kappa shape index (κ1) is 20.8. The first-order valence-corrected chi connectivity index (χ1v) is 9.98. The van der Waals surface area contributed by atoms with Crippen molar-refractivity contribution in [1.82, 2.24) is 0 Å². The van der Waals surface area contributed by atoms with E-state index >= 15 is 0 Å². The molecular weight excluding hydrogens is 362 g/mol. The summed E-state index contributed by atoms with van der Waals surface area (Å²) < 4.78 is 0. The lowest BCUT2D eigenvalue weighted by molar-refractivity contribution is -0.111. The van der Waals surface area contributed by atoms with Crippen molar-refractivity contribution < 1.29 is 14.7 Å². The van der Waals surface area contributed by atoms with Crippen LogP contribution in [-0.2, 0) is 15.6 Å². The predicted octanol–water partition coefficient (Wildman–Crippen LogP) is 5.78. The van der Waals surface area contributed by atoms with Crippen molar-refractivity contribution in [2.24, 2.45) is 0 Å². The van der Waals surface area contributed by atoms with Gasteiger partial charge in [-0.05, 0) is 65.0 Å². The molecule has 2 aromatic rings. The van der Waals surface area contributed by atoms with Crippen LogP contribution >= 0.6 is 0 Å². The summed E-state index contributed by atoms with van der Waals surface area (Å²) in [6, 6.07) is 12.9. The molecule has 0 bridgehead atoms. The molecule has 0 aromatic heterocycles. The van der Waals surface area contributed by atoms with Crippen molar-refractivity contribution in [3.8, 4) is 0 Å². The van der Waals surface area contributed by atoms with Crippen LogP contribution in [0.2, 0.25) is 0 Å². The van der Waals surface area contributed by atoms with E-state index in [1.807, 2.05) is 6.92 Å². The van der Waals surface area contributed by atoms with Crippen LogP contribution < -0.4 is 5.32 Å². The molecule has 0 heterocycles. The molecule has 1 amide bonds. The van der Waals surface area contributed by atoms with Crippen LogP contribution in [0.1, 0.15) is 74.5 Å². The van der Waals surface area contributed by atoms with Gasteiger partial charge in [0.15, 0.2) is 0 Å². The van der Waals surface area contributed by atoms with Gasteiger partial charge in [0.1, 0.15) is 0 Å². The second kappa shape index (κ2) is 7.51. The number of carbonyl (C=O) groups excluding carboxylic acids is 1. The third-order valence-electron chi connectivity index (χ3n) is 6.07. The topological polar surface area (TPSA) is 66.4 Å². The van der Waals surface area contributed by atoms with Crippen LogP contribution in [-0.4, -0.2) is 17.0 Å². The number of hydrogen-bond acceptors (Lipinski definition) is 2. The molecule has 29 heavy (non-hydrogen) atoms. The summed E-state index contributed by atoms with van der Waals surface area (Å²) in [7, 11) is 0. The van der Waals surface area contributed by atoms with Crippen LogP contribution in [0.15, 0.2) is 48.5 Å². The number of para-hydroxylation sites is 1. The minimum Gasteiger partial charge on any atom is -0.478 e. The lowest BCUT2D eigenvalue weighted by atomic mass is 9.63. The van der Waals surface area contributed by atoms with Crippen molar-refractivity contribution >= 4 is 23.1 Å². The number of anilines is 1. The molecular formula is C25H29NO3. The fourth-order valence-electron chi connectivity index (χ4n) is 4.06. The molecule has 2 aromatic carbocycles. The van der Waals surface area contributed by atoms with Crippen molar-refractivity contribution in [1.29, 1.82) is 0 Å². The Morgan fingerprint density at radius 1 is 0.966 bits per heavy atom. The monoisotopic (exact) mass is 391 g/mol. The minimum atomic E-state index is -1.07. The van der Waals surface area contributed by atoms with Crippen molar-refractivity contribution in [2.75, 3.05) is 5.32 Å². The summed E-state index contributed by atoms with van der Waals surface area (Å²) >= 11 is 0.